The standard InChI is InChI=1S/C17H25N/c1-5-6-7-8-13-12-18-16-10-9-14(11-15(13)16)17(2,3)4/h9-12,18H,5-8H2,1-4H3. The zero-order valence-electron chi connectivity index (χ0n) is 12.1. The molecule has 0 unspecified atom stereocenters. The van der Waals surface area contributed by atoms with Gasteiger partial charge in [-0.3, -0.25) is 0 Å². The monoisotopic (exact) mass is 243 g/mol. The second-order valence-electron chi connectivity index (χ2n) is 6.28. The van der Waals surface area contributed by atoms with Crippen LogP contribution in [-0.2, 0) is 11.8 Å². The maximum atomic E-state index is 3.39. The molecule has 1 aromatic carbocycles. The van der Waals surface area contributed by atoms with Gasteiger partial charge in [0.15, 0.2) is 0 Å². The lowest BCUT2D eigenvalue weighted by molar-refractivity contribution is 0.591. The molecule has 1 nitrogen and oxygen atoms in total. The average Bonchev–Trinajstić information content (AvgIpc) is 2.71. The van der Waals surface area contributed by atoms with Crippen molar-refractivity contribution in [3.63, 3.8) is 0 Å². The van der Waals surface area contributed by atoms with Gasteiger partial charge in [-0.1, -0.05) is 46.6 Å². The molecule has 0 spiro atoms. The van der Waals surface area contributed by atoms with Crippen molar-refractivity contribution < 1.29 is 0 Å². The number of hydrogen-bond acceptors (Lipinski definition) is 0. The molecule has 0 aliphatic heterocycles. The number of fused-ring (bicyclic) bond motifs is 1. The van der Waals surface area contributed by atoms with Gasteiger partial charge in [-0.25, -0.2) is 0 Å². The van der Waals surface area contributed by atoms with Crippen LogP contribution in [0.25, 0.3) is 10.9 Å². The minimum absolute atomic E-state index is 0.228. The summed E-state index contributed by atoms with van der Waals surface area (Å²) in [6, 6.07) is 6.83. The van der Waals surface area contributed by atoms with Gasteiger partial charge in [0.2, 0.25) is 0 Å². The minimum atomic E-state index is 0.228. The van der Waals surface area contributed by atoms with E-state index in [9.17, 15) is 0 Å². The molecule has 98 valence electrons. The van der Waals surface area contributed by atoms with Gasteiger partial charge < -0.3 is 4.98 Å². The summed E-state index contributed by atoms with van der Waals surface area (Å²) in [5.74, 6) is 0. The van der Waals surface area contributed by atoms with Crippen LogP contribution in [-0.4, -0.2) is 4.98 Å². The zero-order chi connectivity index (χ0) is 13.2. The van der Waals surface area contributed by atoms with Crippen LogP contribution < -0.4 is 0 Å². The van der Waals surface area contributed by atoms with Crippen LogP contribution in [0.3, 0.4) is 0 Å². The summed E-state index contributed by atoms with van der Waals surface area (Å²) in [6.07, 6.45) is 7.29. The molecule has 0 fully saturated rings. The molecule has 1 heterocycles. The Kier molecular flexibility index (Phi) is 3.79. The lowest BCUT2D eigenvalue weighted by atomic mass is 9.86. The van der Waals surface area contributed by atoms with Gasteiger partial charge in [-0.05, 0) is 41.5 Å². The molecule has 0 atom stereocenters. The fourth-order valence-corrected chi connectivity index (χ4v) is 2.42. The molecule has 1 aromatic heterocycles. The van der Waals surface area contributed by atoms with Crippen LogP contribution >= 0.6 is 0 Å². The Morgan fingerprint density at radius 2 is 1.89 bits per heavy atom. The number of benzene rings is 1. The Bertz CT molecular complexity index is 514. The number of nitrogens with one attached hydrogen (secondary N) is 1. The fraction of sp³-hybridized carbons (Fsp3) is 0.529. The quantitative estimate of drug-likeness (QED) is 0.710. The lowest BCUT2D eigenvalue weighted by Crippen LogP contribution is -2.10. The van der Waals surface area contributed by atoms with Crippen molar-refractivity contribution in [3.8, 4) is 0 Å². The van der Waals surface area contributed by atoms with E-state index in [1.165, 1.54) is 47.7 Å². The topological polar surface area (TPSA) is 15.8 Å². The van der Waals surface area contributed by atoms with Crippen LogP contribution in [0.2, 0.25) is 0 Å². The Hall–Kier alpha value is -1.24. The third kappa shape index (κ3) is 2.77. The van der Waals surface area contributed by atoms with Crippen molar-refractivity contribution in [3.05, 3.63) is 35.5 Å². The number of aryl methyl sites for hydroxylation is 1. The van der Waals surface area contributed by atoms with Gasteiger partial charge in [-0.15, -0.1) is 0 Å². The first-order valence-corrected chi connectivity index (χ1v) is 7.13. The van der Waals surface area contributed by atoms with Crippen molar-refractivity contribution in [2.75, 3.05) is 0 Å². The first kappa shape index (κ1) is 13.2. The molecule has 0 bridgehead atoms. The summed E-state index contributed by atoms with van der Waals surface area (Å²) in [5, 5.41) is 1.42. The number of aromatic amines is 1. The molecule has 2 aromatic rings. The van der Waals surface area contributed by atoms with E-state index >= 15 is 0 Å². The van der Waals surface area contributed by atoms with Crippen molar-refractivity contribution in [2.24, 2.45) is 0 Å². The van der Waals surface area contributed by atoms with E-state index < -0.39 is 0 Å². The van der Waals surface area contributed by atoms with Crippen LogP contribution in [0.4, 0.5) is 0 Å². The van der Waals surface area contributed by atoms with Gasteiger partial charge in [-0.2, -0.15) is 0 Å². The van der Waals surface area contributed by atoms with Gasteiger partial charge in [0.05, 0.1) is 0 Å². The number of H-pyrrole nitrogens is 1. The Morgan fingerprint density at radius 3 is 2.56 bits per heavy atom. The molecular weight excluding hydrogens is 218 g/mol. The summed E-state index contributed by atoms with van der Waals surface area (Å²) in [5.41, 5.74) is 4.40. The van der Waals surface area contributed by atoms with Gasteiger partial charge in [0, 0.05) is 17.1 Å². The molecule has 2 rings (SSSR count). The summed E-state index contributed by atoms with van der Waals surface area (Å²) in [4.78, 5) is 3.39. The Balaban J connectivity index is 2.31. The number of aromatic nitrogens is 1. The van der Waals surface area contributed by atoms with E-state index in [2.05, 4.69) is 57.1 Å². The Labute approximate surface area is 111 Å². The molecule has 1 N–H and O–H groups in total. The van der Waals surface area contributed by atoms with Crippen LogP contribution in [0.15, 0.2) is 24.4 Å². The second-order valence-corrected chi connectivity index (χ2v) is 6.28. The molecular formula is C17H25N. The summed E-state index contributed by atoms with van der Waals surface area (Å²) in [6.45, 7) is 9.08. The average molecular weight is 243 g/mol. The molecule has 0 amide bonds. The summed E-state index contributed by atoms with van der Waals surface area (Å²) >= 11 is 0. The number of unbranched alkanes of at least 4 members (excludes halogenated alkanes) is 2. The van der Waals surface area contributed by atoms with E-state index in [0.29, 0.717) is 0 Å². The van der Waals surface area contributed by atoms with Gasteiger partial charge in [0.1, 0.15) is 0 Å². The van der Waals surface area contributed by atoms with E-state index in [0.717, 1.165) is 0 Å². The molecule has 18 heavy (non-hydrogen) atoms. The van der Waals surface area contributed by atoms with Crippen LogP contribution in [0.5, 0.6) is 0 Å². The number of rotatable bonds is 4. The predicted octanol–water partition coefficient (Wildman–Crippen LogP) is 5.20. The molecule has 0 aliphatic carbocycles. The minimum Gasteiger partial charge on any atom is -0.361 e. The normalized spacial score (nSPS) is 12.2. The summed E-state index contributed by atoms with van der Waals surface area (Å²) < 4.78 is 0. The molecule has 0 saturated heterocycles. The van der Waals surface area contributed by atoms with E-state index in [-0.39, 0.29) is 5.41 Å². The highest BCUT2D eigenvalue weighted by molar-refractivity contribution is 5.84. The first-order valence-electron chi connectivity index (χ1n) is 7.13. The largest absolute Gasteiger partial charge is 0.361 e. The maximum Gasteiger partial charge on any atom is 0.0456 e. The molecule has 0 aliphatic rings. The zero-order valence-corrected chi connectivity index (χ0v) is 12.1. The summed E-state index contributed by atoms with van der Waals surface area (Å²) in [7, 11) is 0. The second kappa shape index (κ2) is 5.17. The number of hydrogen-bond donors (Lipinski definition) is 1. The highest BCUT2D eigenvalue weighted by Gasteiger charge is 2.15. The van der Waals surface area contributed by atoms with Crippen molar-refractivity contribution >= 4 is 10.9 Å². The predicted molar refractivity (Wildman–Crippen MR) is 80.2 cm³/mol. The third-order valence-electron chi connectivity index (χ3n) is 3.68. The smallest absolute Gasteiger partial charge is 0.0456 e. The van der Waals surface area contributed by atoms with Crippen molar-refractivity contribution in [1.82, 2.24) is 4.98 Å². The van der Waals surface area contributed by atoms with E-state index in [1.807, 2.05) is 0 Å². The lowest BCUT2D eigenvalue weighted by Gasteiger charge is -2.19. The van der Waals surface area contributed by atoms with Crippen molar-refractivity contribution in [2.45, 2.75) is 58.8 Å². The van der Waals surface area contributed by atoms with E-state index in [1.54, 1.807) is 0 Å². The van der Waals surface area contributed by atoms with Crippen LogP contribution in [0.1, 0.15) is 58.1 Å². The van der Waals surface area contributed by atoms with Gasteiger partial charge >= 0.3 is 0 Å². The Morgan fingerprint density at radius 1 is 1.11 bits per heavy atom. The third-order valence-corrected chi connectivity index (χ3v) is 3.68. The fourth-order valence-electron chi connectivity index (χ4n) is 2.42. The maximum absolute atomic E-state index is 3.39. The highest BCUT2D eigenvalue weighted by Crippen LogP contribution is 2.28. The first-order chi connectivity index (χ1) is 8.52. The molecule has 0 saturated carbocycles. The SMILES string of the molecule is CCCCCc1c[nH]c2ccc(C(C)(C)C)cc12. The highest BCUT2D eigenvalue weighted by atomic mass is 14.7. The van der Waals surface area contributed by atoms with E-state index in [4.69, 9.17) is 0 Å². The molecule has 0 radical (unpaired) electrons. The van der Waals surface area contributed by atoms with Gasteiger partial charge in [0.25, 0.3) is 0 Å². The molecule has 1 heteroatoms. The van der Waals surface area contributed by atoms with Crippen LogP contribution in [0, 0.1) is 0 Å². The van der Waals surface area contributed by atoms with Crippen molar-refractivity contribution in [1.29, 1.82) is 0 Å².